The predicted molar refractivity (Wildman–Crippen MR) is 231 cm³/mol. The van der Waals surface area contributed by atoms with Crippen LogP contribution in [-0.2, 0) is 12.8 Å². The number of hydrogen-bond acceptors (Lipinski definition) is 0. The molecule has 0 saturated heterocycles. The molecule has 0 N–H and O–H groups in total. The van der Waals surface area contributed by atoms with Crippen molar-refractivity contribution in [3.05, 3.63) is 156 Å². The van der Waals surface area contributed by atoms with Crippen LogP contribution >= 0.6 is 0 Å². The van der Waals surface area contributed by atoms with Gasteiger partial charge in [0.25, 0.3) is 0 Å². The Kier molecular flexibility index (Phi) is 12.7. The first-order valence-electron chi connectivity index (χ1n) is 20.9. The summed E-state index contributed by atoms with van der Waals surface area (Å²) >= 11 is 0. The molecular weight excluding hydrogens is 655 g/mol. The van der Waals surface area contributed by atoms with Gasteiger partial charge in [-0.25, -0.2) is 0 Å². The van der Waals surface area contributed by atoms with Gasteiger partial charge in [0.05, 0.1) is 11.4 Å². The van der Waals surface area contributed by atoms with E-state index in [0.29, 0.717) is 0 Å². The zero-order chi connectivity index (χ0) is 37.1. The molecule has 0 saturated carbocycles. The number of rotatable bonds is 18. The van der Waals surface area contributed by atoms with E-state index in [-0.39, 0.29) is 0 Å². The summed E-state index contributed by atoms with van der Waals surface area (Å²) in [6.45, 7) is 6.84. The second-order valence-corrected chi connectivity index (χ2v) is 15.2. The highest BCUT2D eigenvalue weighted by molar-refractivity contribution is 5.72. The topological polar surface area (TPSA) is 14.8 Å². The van der Waals surface area contributed by atoms with E-state index in [9.17, 15) is 0 Å². The Labute approximate surface area is 324 Å². The summed E-state index contributed by atoms with van der Waals surface area (Å²) < 4.78 is 7.64. The van der Waals surface area contributed by atoms with Crippen LogP contribution < -0.4 is 0 Å². The van der Waals surface area contributed by atoms with Gasteiger partial charge in [-0.1, -0.05) is 144 Å². The van der Waals surface area contributed by atoms with E-state index in [1.165, 1.54) is 132 Å². The number of benzene rings is 3. The van der Waals surface area contributed by atoms with E-state index in [2.05, 4.69) is 168 Å². The molecule has 0 atom stereocenters. The molecule has 0 spiro atoms. The van der Waals surface area contributed by atoms with Crippen molar-refractivity contribution in [3.63, 3.8) is 0 Å². The highest BCUT2D eigenvalue weighted by atomic mass is 15.1. The first-order chi connectivity index (χ1) is 26.7. The summed E-state index contributed by atoms with van der Waals surface area (Å²) in [4.78, 5) is 0. The van der Waals surface area contributed by atoms with Gasteiger partial charge in [0.1, 0.15) is 0 Å². The van der Waals surface area contributed by atoms with Crippen LogP contribution in [-0.4, -0.2) is 13.7 Å². The van der Waals surface area contributed by atoms with Crippen molar-refractivity contribution >= 4 is 5.57 Å². The Hall–Kier alpha value is -5.02. The van der Waals surface area contributed by atoms with E-state index in [4.69, 9.17) is 0 Å². The molecule has 6 aromatic rings. The molecule has 3 nitrogen and oxygen atoms in total. The summed E-state index contributed by atoms with van der Waals surface area (Å²) in [6.07, 6.45) is 23.9. The smallest absolute Gasteiger partial charge is 0.0531 e. The fraction of sp³-hybridized carbons (Fsp3) is 0.333. The summed E-state index contributed by atoms with van der Waals surface area (Å²) in [5.74, 6) is 0. The number of hydrogen-bond donors (Lipinski definition) is 0. The number of unbranched alkanes of at least 4 members (excludes halogenated alkanes) is 8. The van der Waals surface area contributed by atoms with Crippen LogP contribution in [0.25, 0.3) is 45.2 Å². The van der Waals surface area contributed by atoms with Crippen molar-refractivity contribution in [2.45, 2.75) is 111 Å². The van der Waals surface area contributed by atoms with Gasteiger partial charge < -0.3 is 13.7 Å². The van der Waals surface area contributed by atoms with Gasteiger partial charge in [-0.05, 0) is 117 Å². The fourth-order valence-electron chi connectivity index (χ4n) is 8.36. The lowest BCUT2D eigenvalue weighted by Gasteiger charge is -2.22. The summed E-state index contributed by atoms with van der Waals surface area (Å²) in [5, 5.41) is 0. The molecule has 0 amide bonds. The minimum Gasteiger partial charge on any atom is -0.314 e. The van der Waals surface area contributed by atoms with Crippen LogP contribution in [0.5, 0.6) is 0 Å². The maximum Gasteiger partial charge on any atom is 0.0531 e. The standard InChI is InChI=1S/C51H59N3/c1-4-6-8-10-11-22-30-45-33-36-51(43-27-19-14-20-28-43)54(45)48-38-46(52-40(3)31-34-49(52)41-23-15-12-16-24-41)37-47(39-48)53-44(29-21-9-7-5-2)32-35-50(53)42-25-17-13-18-26-42/h12-17,19-20,23-25,27-28,31-39H,4-11,18,21-22,26,29-30H2,1-3H3. The average Bonchev–Trinajstić information content (AvgIpc) is 3.95. The molecule has 0 fully saturated rings. The number of nitrogens with zero attached hydrogens (tertiary/aromatic N) is 3. The van der Waals surface area contributed by atoms with Crippen molar-refractivity contribution in [2.75, 3.05) is 0 Å². The van der Waals surface area contributed by atoms with Crippen molar-refractivity contribution in [1.29, 1.82) is 0 Å². The SMILES string of the molecule is CCCCCCCCc1ccc(-c2ccccc2)n1-c1cc(-n2c(CCCCCC)ccc2C2=CC=CCC2)cc(-n2c(C)ccc2-c2ccccc2)c1. The molecule has 0 bridgehead atoms. The molecule has 0 unspecified atom stereocenters. The molecule has 1 aliphatic carbocycles. The fourth-order valence-corrected chi connectivity index (χ4v) is 8.36. The molecular formula is C51H59N3. The van der Waals surface area contributed by atoms with Crippen LogP contribution in [0.3, 0.4) is 0 Å². The Morgan fingerprint density at radius 1 is 0.481 bits per heavy atom. The molecule has 278 valence electrons. The Bertz CT molecular complexity index is 2150. The van der Waals surface area contributed by atoms with Crippen LogP contribution in [0.2, 0.25) is 0 Å². The van der Waals surface area contributed by atoms with E-state index >= 15 is 0 Å². The molecule has 3 aromatic heterocycles. The van der Waals surface area contributed by atoms with Gasteiger partial charge in [-0.3, -0.25) is 0 Å². The highest BCUT2D eigenvalue weighted by Crippen LogP contribution is 2.36. The minimum absolute atomic E-state index is 1.06. The summed E-state index contributed by atoms with van der Waals surface area (Å²) in [7, 11) is 0. The van der Waals surface area contributed by atoms with Gasteiger partial charge in [-0.2, -0.15) is 0 Å². The Morgan fingerprint density at radius 2 is 0.963 bits per heavy atom. The molecule has 1 aliphatic rings. The molecule has 54 heavy (non-hydrogen) atoms. The second-order valence-electron chi connectivity index (χ2n) is 15.2. The van der Waals surface area contributed by atoms with Crippen LogP contribution in [0.4, 0.5) is 0 Å². The minimum atomic E-state index is 1.06. The predicted octanol–water partition coefficient (Wildman–Crippen LogP) is 14.5. The Morgan fingerprint density at radius 3 is 1.54 bits per heavy atom. The largest absolute Gasteiger partial charge is 0.314 e. The summed E-state index contributed by atoms with van der Waals surface area (Å²) in [6, 6.07) is 43.3. The average molecular weight is 714 g/mol. The van der Waals surface area contributed by atoms with Crippen molar-refractivity contribution in [2.24, 2.45) is 0 Å². The Balaban J connectivity index is 1.43. The number of allylic oxidation sites excluding steroid dienone is 4. The van der Waals surface area contributed by atoms with Crippen LogP contribution in [0.15, 0.2) is 133 Å². The third-order valence-electron chi connectivity index (χ3n) is 11.2. The number of aromatic nitrogens is 3. The second kappa shape index (κ2) is 18.3. The van der Waals surface area contributed by atoms with Gasteiger partial charge in [0.2, 0.25) is 0 Å². The van der Waals surface area contributed by atoms with E-state index in [0.717, 1.165) is 25.7 Å². The normalized spacial score (nSPS) is 12.8. The quantitative estimate of drug-likeness (QED) is 0.0788. The molecule has 3 heteroatoms. The zero-order valence-corrected chi connectivity index (χ0v) is 32.9. The third-order valence-corrected chi connectivity index (χ3v) is 11.2. The first kappa shape index (κ1) is 37.3. The van der Waals surface area contributed by atoms with Gasteiger partial charge in [0, 0.05) is 39.8 Å². The lowest BCUT2D eigenvalue weighted by atomic mass is 10.0. The highest BCUT2D eigenvalue weighted by Gasteiger charge is 2.20. The lowest BCUT2D eigenvalue weighted by molar-refractivity contribution is 0.603. The maximum atomic E-state index is 2.60. The number of aryl methyl sites for hydroxylation is 3. The van der Waals surface area contributed by atoms with Crippen molar-refractivity contribution in [3.8, 4) is 39.6 Å². The van der Waals surface area contributed by atoms with Crippen LogP contribution in [0, 0.1) is 6.92 Å². The van der Waals surface area contributed by atoms with Crippen molar-refractivity contribution in [1.82, 2.24) is 13.7 Å². The van der Waals surface area contributed by atoms with E-state index in [1.807, 2.05) is 0 Å². The molecule has 3 heterocycles. The molecule has 7 rings (SSSR count). The maximum absolute atomic E-state index is 2.60. The first-order valence-corrected chi connectivity index (χ1v) is 20.9. The van der Waals surface area contributed by atoms with Crippen molar-refractivity contribution < 1.29 is 0 Å². The van der Waals surface area contributed by atoms with E-state index < -0.39 is 0 Å². The third kappa shape index (κ3) is 8.52. The molecule has 0 radical (unpaired) electrons. The summed E-state index contributed by atoms with van der Waals surface area (Å²) in [5.41, 5.74) is 15.3. The molecule has 0 aliphatic heterocycles. The zero-order valence-electron chi connectivity index (χ0n) is 32.9. The van der Waals surface area contributed by atoms with E-state index in [1.54, 1.807) is 0 Å². The van der Waals surface area contributed by atoms with Gasteiger partial charge in [0.15, 0.2) is 0 Å². The van der Waals surface area contributed by atoms with Gasteiger partial charge >= 0.3 is 0 Å². The monoisotopic (exact) mass is 713 g/mol. The van der Waals surface area contributed by atoms with Gasteiger partial charge in [-0.15, -0.1) is 0 Å². The van der Waals surface area contributed by atoms with Crippen LogP contribution in [0.1, 0.15) is 114 Å². The lowest BCUT2D eigenvalue weighted by Crippen LogP contribution is -2.10. The molecule has 3 aromatic carbocycles.